The van der Waals surface area contributed by atoms with Gasteiger partial charge in [-0.15, -0.1) is 0 Å². The summed E-state index contributed by atoms with van der Waals surface area (Å²) in [4.78, 5) is 8.71. The molecule has 6 nitrogen and oxygen atoms in total. The van der Waals surface area contributed by atoms with E-state index in [9.17, 15) is 0 Å². The van der Waals surface area contributed by atoms with E-state index in [0.29, 0.717) is 12.4 Å². The second-order valence-corrected chi connectivity index (χ2v) is 6.37. The van der Waals surface area contributed by atoms with Crippen molar-refractivity contribution in [2.24, 2.45) is 5.73 Å². The molecule has 4 aromatic rings. The molecule has 0 saturated carbocycles. The molecule has 0 radical (unpaired) electrons. The number of nitrogens with zero attached hydrogens (tertiary/aromatic N) is 3. The minimum Gasteiger partial charge on any atom is -0.383 e. The molecule has 136 valence electrons. The first-order chi connectivity index (χ1) is 13.3. The smallest absolute Gasteiger partial charge is 0.150 e. The Balaban J connectivity index is 1.84. The summed E-state index contributed by atoms with van der Waals surface area (Å²) >= 11 is 0. The maximum atomic E-state index is 6.21. The second kappa shape index (κ2) is 7.57. The summed E-state index contributed by atoms with van der Waals surface area (Å²) in [5, 5.41) is 4.20. The van der Waals surface area contributed by atoms with Gasteiger partial charge in [0, 0.05) is 37.1 Å². The first-order valence-electron chi connectivity index (χ1n) is 8.95. The molecule has 27 heavy (non-hydrogen) atoms. The molecule has 2 aromatic heterocycles. The molecular weight excluding hydrogens is 336 g/mol. The van der Waals surface area contributed by atoms with Crippen LogP contribution in [0.15, 0.2) is 67.1 Å². The summed E-state index contributed by atoms with van der Waals surface area (Å²) in [6.07, 6.45) is 3.59. The van der Waals surface area contributed by atoms with Crippen LogP contribution in [0.4, 0.5) is 5.82 Å². The topological polar surface area (TPSA) is 94.8 Å². The zero-order valence-electron chi connectivity index (χ0n) is 15.0. The molecule has 5 N–H and O–H groups in total. The first-order valence-corrected chi connectivity index (χ1v) is 8.95. The van der Waals surface area contributed by atoms with Crippen LogP contribution in [0.2, 0.25) is 0 Å². The van der Waals surface area contributed by atoms with E-state index < -0.39 is 0 Å². The maximum Gasteiger partial charge on any atom is 0.150 e. The van der Waals surface area contributed by atoms with E-state index in [2.05, 4.69) is 56.4 Å². The molecule has 0 aliphatic rings. The molecule has 0 spiro atoms. The first kappa shape index (κ1) is 17.2. The highest BCUT2D eigenvalue weighted by molar-refractivity contribution is 6.01. The van der Waals surface area contributed by atoms with Gasteiger partial charge in [-0.1, -0.05) is 42.5 Å². The van der Waals surface area contributed by atoms with Crippen molar-refractivity contribution in [2.45, 2.75) is 6.54 Å². The molecular formula is C21H22N6. The average Bonchev–Trinajstić information content (AvgIpc) is 3.10. The normalized spacial score (nSPS) is 11.1. The summed E-state index contributed by atoms with van der Waals surface area (Å²) in [5.74, 6) is 0.485. The van der Waals surface area contributed by atoms with Crippen molar-refractivity contribution in [3.8, 4) is 16.8 Å². The number of nitrogen functional groups attached to an aromatic ring is 1. The standard InChI is InChI=1S/C21H22N6/c22-9-10-24-12-15-5-4-8-17(11-15)27-13-18(16-6-2-1-3-7-16)19-20(23)25-14-26-21(19)27/h1-8,11,13-14,24H,9-10,12,22H2,(H2,23,25,26). The third kappa shape index (κ3) is 3.40. The van der Waals surface area contributed by atoms with Crippen molar-refractivity contribution >= 4 is 16.9 Å². The van der Waals surface area contributed by atoms with Crippen LogP contribution in [0.1, 0.15) is 5.56 Å². The van der Waals surface area contributed by atoms with E-state index >= 15 is 0 Å². The molecule has 2 heterocycles. The van der Waals surface area contributed by atoms with Gasteiger partial charge in [-0.05, 0) is 23.3 Å². The number of hydrogen-bond donors (Lipinski definition) is 3. The average molecular weight is 358 g/mol. The fourth-order valence-electron chi connectivity index (χ4n) is 3.27. The van der Waals surface area contributed by atoms with Gasteiger partial charge in [0.2, 0.25) is 0 Å². The van der Waals surface area contributed by atoms with Gasteiger partial charge < -0.3 is 21.4 Å². The summed E-state index contributed by atoms with van der Waals surface area (Å²) in [7, 11) is 0. The van der Waals surface area contributed by atoms with Crippen LogP contribution in [-0.2, 0) is 6.54 Å². The third-order valence-corrected chi connectivity index (χ3v) is 4.54. The van der Waals surface area contributed by atoms with E-state index in [4.69, 9.17) is 11.5 Å². The van der Waals surface area contributed by atoms with Gasteiger partial charge in [0.15, 0.2) is 5.65 Å². The molecule has 0 atom stereocenters. The Morgan fingerprint density at radius 3 is 2.67 bits per heavy atom. The Hall–Kier alpha value is -3.22. The molecule has 6 heteroatoms. The molecule has 2 aromatic carbocycles. The zero-order valence-corrected chi connectivity index (χ0v) is 15.0. The van der Waals surface area contributed by atoms with E-state index in [0.717, 1.165) is 40.9 Å². The SMILES string of the molecule is NCCNCc1cccc(-n2cc(-c3ccccc3)c3c(N)ncnc32)c1. The van der Waals surface area contributed by atoms with Gasteiger partial charge in [-0.25, -0.2) is 9.97 Å². The Morgan fingerprint density at radius 1 is 1.00 bits per heavy atom. The van der Waals surface area contributed by atoms with Gasteiger partial charge in [0.25, 0.3) is 0 Å². The van der Waals surface area contributed by atoms with Crippen LogP contribution in [0.5, 0.6) is 0 Å². The molecule has 0 aliphatic carbocycles. The maximum absolute atomic E-state index is 6.21. The number of aromatic nitrogens is 3. The molecule has 0 amide bonds. The summed E-state index contributed by atoms with van der Waals surface area (Å²) < 4.78 is 2.07. The van der Waals surface area contributed by atoms with Crippen LogP contribution in [-0.4, -0.2) is 27.6 Å². The van der Waals surface area contributed by atoms with E-state index in [1.165, 1.54) is 11.9 Å². The Kier molecular flexibility index (Phi) is 4.82. The highest BCUT2D eigenvalue weighted by Gasteiger charge is 2.16. The number of rotatable bonds is 6. The lowest BCUT2D eigenvalue weighted by atomic mass is 10.1. The lowest BCUT2D eigenvalue weighted by Gasteiger charge is -2.08. The van der Waals surface area contributed by atoms with Gasteiger partial charge in [0.1, 0.15) is 12.1 Å². The molecule has 0 saturated heterocycles. The van der Waals surface area contributed by atoms with Gasteiger partial charge in [0.05, 0.1) is 5.39 Å². The number of anilines is 1. The van der Waals surface area contributed by atoms with Crippen molar-refractivity contribution in [1.29, 1.82) is 0 Å². The van der Waals surface area contributed by atoms with Crippen LogP contribution in [0, 0.1) is 0 Å². The fraction of sp³-hybridized carbons (Fsp3) is 0.143. The number of benzene rings is 2. The van der Waals surface area contributed by atoms with Crippen molar-refractivity contribution in [3.63, 3.8) is 0 Å². The van der Waals surface area contributed by atoms with Crippen molar-refractivity contribution in [1.82, 2.24) is 19.9 Å². The Labute approximate surface area is 157 Å². The van der Waals surface area contributed by atoms with Crippen molar-refractivity contribution < 1.29 is 0 Å². The van der Waals surface area contributed by atoms with Gasteiger partial charge in [-0.3, -0.25) is 0 Å². The Bertz CT molecular complexity index is 1050. The molecule has 4 rings (SSSR count). The number of nitrogens with one attached hydrogen (secondary N) is 1. The lowest BCUT2D eigenvalue weighted by Crippen LogP contribution is -2.21. The van der Waals surface area contributed by atoms with Gasteiger partial charge >= 0.3 is 0 Å². The van der Waals surface area contributed by atoms with Crippen LogP contribution in [0.3, 0.4) is 0 Å². The minimum absolute atomic E-state index is 0.485. The third-order valence-electron chi connectivity index (χ3n) is 4.54. The highest BCUT2D eigenvalue weighted by atomic mass is 15.1. The summed E-state index contributed by atoms with van der Waals surface area (Å²) in [6.45, 7) is 2.18. The fourth-order valence-corrected chi connectivity index (χ4v) is 3.27. The molecule has 0 bridgehead atoms. The highest BCUT2D eigenvalue weighted by Crippen LogP contribution is 2.34. The molecule has 0 unspecified atom stereocenters. The lowest BCUT2D eigenvalue weighted by molar-refractivity contribution is 0.694. The summed E-state index contributed by atoms with van der Waals surface area (Å²) in [5.41, 5.74) is 16.9. The number of nitrogens with two attached hydrogens (primary N) is 2. The van der Waals surface area contributed by atoms with Gasteiger partial charge in [-0.2, -0.15) is 0 Å². The van der Waals surface area contributed by atoms with Crippen LogP contribution >= 0.6 is 0 Å². The minimum atomic E-state index is 0.485. The molecule has 0 aliphatic heterocycles. The Morgan fingerprint density at radius 2 is 1.85 bits per heavy atom. The van der Waals surface area contributed by atoms with E-state index in [1.807, 2.05) is 24.3 Å². The van der Waals surface area contributed by atoms with Crippen LogP contribution in [0.25, 0.3) is 27.8 Å². The van der Waals surface area contributed by atoms with Crippen LogP contribution < -0.4 is 16.8 Å². The summed E-state index contributed by atoms with van der Waals surface area (Å²) in [6, 6.07) is 18.5. The number of hydrogen-bond acceptors (Lipinski definition) is 5. The van der Waals surface area contributed by atoms with E-state index in [1.54, 1.807) is 0 Å². The van der Waals surface area contributed by atoms with Crippen molar-refractivity contribution in [2.75, 3.05) is 18.8 Å². The monoisotopic (exact) mass is 358 g/mol. The second-order valence-electron chi connectivity index (χ2n) is 6.37. The predicted octanol–water partition coefficient (Wildman–Crippen LogP) is 2.72. The zero-order chi connectivity index (χ0) is 18.6. The van der Waals surface area contributed by atoms with E-state index in [-0.39, 0.29) is 0 Å². The van der Waals surface area contributed by atoms with Crippen molar-refractivity contribution in [3.05, 3.63) is 72.7 Å². The largest absolute Gasteiger partial charge is 0.383 e. The predicted molar refractivity (Wildman–Crippen MR) is 109 cm³/mol. The molecule has 0 fully saturated rings. The number of fused-ring (bicyclic) bond motifs is 1. The quantitative estimate of drug-likeness (QED) is 0.461.